The molecule has 1 aliphatic heterocycles. The van der Waals surface area contributed by atoms with Crippen molar-refractivity contribution in [2.45, 2.75) is 18.4 Å². The fourth-order valence-corrected chi connectivity index (χ4v) is 2.89. The number of ether oxygens (including phenoxy) is 1. The van der Waals surface area contributed by atoms with Gasteiger partial charge in [-0.05, 0) is 18.4 Å². The Balaban J connectivity index is 2.31. The zero-order chi connectivity index (χ0) is 9.15. The highest BCUT2D eigenvalue weighted by Gasteiger charge is 2.35. The van der Waals surface area contributed by atoms with E-state index in [4.69, 9.17) is 4.74 Å². The Kier molecular flexibility index (Phi) is 2.89. The van der Waals surface area contributed by atoms with Crippen molar-refractivity contribution in [3.8, 4) is 0 Å². The van der Waals surface area contributed by atoms with Crippen LogP contribution in [0, 0.1) is 0 Å². The summed E-state index contributed by atoms with van der Waals surface area (Å²) in [6.07, 6.45) is 2.36. The smallest absolute Gasteiger partial charge is 0.102 e. The van der Waals surface area contributed by atoms with Gasteiger partial charge in [0.1, 0.15) is 5.60 Å². The van der Waals surface area contributed by atoms with Crippen LogP contribution in [0.2, 0.25) is 0 Å². The first-order valence-electron chi connectivity index (χ1n) is 4.63. The Labute approximate surface area is 92.6 Å². The van der Waals surface area contributed by atoms with Crippen molar-refractivity contribution in [1.29, 1.82) is 0 Å². The standard InChI is InChI=1S/C11H13IO/c12-9-11(7-4-8-13-11)10-5-2-1-3-6-10/h1-3,5-6H,4,7-9H2. The van der Waals surface area contributed by atoms with Crippen LogP contribution in [-0.2, 0) is 10.3 Å². The molecule has 0 spiro atoms. The minimum atomic E-state index is 0.0157. The van der Waals surface area contributed by atoms with Crippen LogP contribution in [0.1, 0.15) is 18.4 Å². The SMILES string of the molecule is ICC1(c2ccccc2)CCCO1. The van der Waals surface area contributed by atoms with E-state index in [1.54, 1.807) is 0 Å². The van der Waals surface area contributed by atoms with Gasteiger partial charge in [0.15, 0.2) is 0 Å². The fourth-order valence-electron chi connectivity index (χ4n) is 1.85. The molecule has 2 heteroatoms. The van der Waals surface area contributed by atoms with Crippen molar-refractivity contribution in [1.82, 2.24) is 0 Å². The quantitative estimate of drug-likeness (QED) is 0.600. The summed E-state index contributed by atoms with van der Waals surface area (Å²) in [5.74, 6) is 0. The zero-order valence-corrected chi connectivity index (χ0v) is 9.66. The van der Waals surface area contributed by atoms with Crippen LogP contribution in [0.5, 0.6) is 0 Å². The Morgan fingerprint density at radius 1 is 1.31 bits per heavy atom. The number of alkyl halides is 1. The van der Waals surface area contributed by atoms with E-state index < -0.39 is 0 Å². The van der Waals surface area contributed by atoms with Crippen LogP contribution >= 0.6 is 22.6 Å². The summed E-state index contributed by atoms with van der Waals surface area (Å²) in [6.45, 7) is 0.915. The maximum absolute atomic E-state index is 5.87. The van der Waals surface area contributed by atoms with E-state index in [1.807, 2.05) is 0 Å². The molecule has 0 aromatic heterocycles. The molecule has 1 nitrogen and oxygen atoms in total. The average Bonchev–Trinajstić information content (AvgIpc) is 2.69. The Bertz CT molecular complexity index is 265. The molecule has 0 bridgehead atoms. The van der Waals surface area contributed by atoms with E-state index in [2.05, 4.69) is 52.9 Å². The number of hydrogen-bond donors (Lipinski definition) is 0. The molecular formula is C11H13IO. The van der Waals surface area contributed by atoms with E-state index >= 15 is 0 Å². The minimum absolute atomic E-state index is 0.0157. The maximum atomic E-state index is 5.87. The molecule has 0 amide bonds. The third kappa shape index (κ3) is 1.74. The minimum Gasteiger partial charge on any atom is -0.369 e. The molecule has 70 valence electrons. The van der Waals surface area contributed by atoms with Gasteiger partial charge in [-0.15, -0.1) is 0 Å². The lowest BCUT2D eigenvalue weighted by Crippen LogP contribution is -2.26. The summed E-state index contributed by atoms with van der Waals surface area (Å²) < 4.78 is 6.92. The van der Waals surface area contributed by atoms with Gasteiger partial charge in [-0.2, -0.15) is 0 Å². The molecule has 1 aromatic rings. The highest BCUT2D eigenvalue weighted by Crippen LogP contribution is 2.37. The van der Waals surface area contributed by atoms with Crippen LogP contribution in [0.4, 0.5) is 0 Å². The topological polar surface area (TPSA) is 9.23 Å². The van der Waals surface area contributed by atoms with Gasteiger partial charge in [-0.3, -0.25) is 0 Å². The second-order valence-corrected chi connectivity index (χ2v) is 4.21. The summed E-state index contributed by atoms with van der Waals surface area (Å²) in [7, 11) is 0. The molecule has 1 aliphatic rings. The Morgan fingerprint density at radius 3 is 2.62 bits per heavy atom. The lowest BCUT2D eigenvalue weighted by atomic mass is 9.93. The highest BCUT2D eigenvalue weighted by atomic mass is 127. The number of halogens is 1. The van der Waals surface area contributed by atoms with Crippen molar-refractivity contribution in [3.63, 3.8) is 0 Å². The number of hydrogen-bond acceptors (Lipinski definition) is 1. The first-order valence-corrected chi connectivity index (χ1v) is 6.15. The molecule has 1 heterocycles. The van der Waals surface area contributed by atoms with E-state index in [9.17, 15) is 0 Å². The van der Waals surface area contributed by atoms with E-state index in [-0.39, 0.29) is 5.60 Å². The first-order chi connectivity index (χ1) is 6.37. The molecule has 0 N–H and O–H groups in total. The molecule has 0 saturated carbocycles. The van der Waals surface area contributed by atoms with Crippen LogP contribution < -0.4 is 0 Å². The second kappa shape index (κ2) is 3.96. The van der Waals surface area contributed by atoms with Gasteiger partial charge in [0, 0.05) is 11.0 Å². The Hall–Kier alpha value is -0.0900. The third-order valence-corrected chi connectivity index (χ3v) is 3.85. The first kappa shape index (κ1) is 9.46. The van der Waals surface area contributed by atoms with Gasteiger partial charge >= 0.3 is 0 Å². The van der Waals surface area contributed by atoms with Gasteiger partial charge < -0.3 is 4.74 Å². The Morgan fingerprint density at radius 2 is 2.08 bits per heavy atom. The van der Waals surface area contributed by atoms with Crippen molar-refractivity contribution in [2.24, 2.45) is 0 Å². The largest absolute Gasteiger partial charge is 0.369 e. The number of rotatable bonds is 2. The van der Waals surface area contributed by atoms with Crippen molar-refractivity contribution in [2.75, 3.05) is 11.0 Å². The van der Waals surface area contributed by atoms with Crippen molar-refractivity contribution >= 4 is 22.6 Å². The maximum Gasteiger partial charge on any atom is 0.102 e. The van der Waals surface area contributed by atoms with Crippen LogP contribution in [0.3, 0.4) is 0 Å². The average molecular weight is 288 g/mol. The van der Waals surface area contributed by atoms with Crippen molar-refractivity contribution in [3.05, 3.63) is 35.9 Å². The summed E-state index contributed by atoms with van der Waals surface area (Å²) in [4.78, 5) is 0. The van der Waals surface area contributed by atoms with Crippen molar-refractivity contribution < 1.29 is 4.74 Å². The predicted molar refractivity (Wildman–Crippen MR) is 62.2 cm³/mol. The molecular weight excluding hydrogens is 275 g/mol. The zero-order valence-electron chi connectivity index (χ0n) is 7.50. The normalized spacial score (nSPS) is 27.8. The van der Waals surface area contributed by atoms with Crippen LogP contribution in [-0.4, -0.2) is 11.0 Å². The predicted octanol–water partition coefficient (Wildman–Crippen LogP) is 3.13. The number of benzene rings is 1. The van der Waals surface area contributed by atoms with Crippen LogP contribution in [0.15, 0.2) is 30.3 Å². The van der Waals surface area contributed by atoms with Gasteiger partial charge in [-0.25, -0.2) is 0 Å². The van der Waals surface area contributed by atoms with Gasteiger partial charge in [0.05, 0.1) is 0 Å². The molecule has 0 radical (unpaired) electrons. The molecule has 1 fully saturated rings. The summed E-state index contributed by atoms with van der Waals surface area (Å²) >= 11 is 2.42. The molecule has 1 saturated heterocycles. The highest BCUT2D eigenvalue weighted by molar-refractivity contribution is 14.1. The van der Waals surface area contributed by atoms with Gasteiger partial charge in [-0.1, -0.05) is 52.9 Å². The summed E-state index contributed by atoms with van der Waals surface area (Å²) in [6, 6.07) is 10.6. The molecule has 1 aromatic carbocycles. The van der Waals surface area contributed by atoms with E-state index in [1.165, 1.54) is 18.4 Å². The van der Waals surface area contributed by atoms with Gasteiger partial charge in [0.2, 0.25) is 0 Å². The van der Waals surface area contributed by atoms with E-state index in [0.717, 1.165) is 11.0 Å². The third-order valence-electron chi connectivity index (χ3n) is 2.62. The lowest BCUT2D eigenvalue weighted by molar-refractivity contribution is 0.0237. The molecule has 1 unspecified atom stereocenters. The fraction of sp³-hybridized carbons (Fsp3) is 0.455. The molecule has 0 aliphatic carbocycles. The summed E-state index contributed by atoms with van der Waals surface area (Å²) in [5, 5.41) is 0. The molecule has 2 rings (SSSR count). The van der Waals surface area contributed by atoms with E-state index in [0.29, 0.717) is 0 Å². The monoisotopic (exact) mass is 288 g/mol. The molecule has 1 atom stereocenters. The van der Waals surface area contributed by atoms with Gasteiger partial charge in [0.25, 0.3) is 0 Å². The second-order valence-electron chi connectivity index (χ2n) is 3.45. The molecule has 13 heavy (non-hydrogen) atoms. The van der Waals surface area contributed by atoms with Crippen LogP contribution in [0.25, 0.3) is 0 Å². The summed E-state index contributed by atoms with van der Waals surface area (Å²) in [5.41, 5.74) is 1.35. The lowest BCUT2D eigenvalue weighted by Gasteiger charge is -2.26.